The number of fused-ring (bicyclic) bond motifs is 1. The predicted molar refractivity (Wildman–Crippen MR) is 126 cm³/mol. The molecule has 166 valence electrons. The van der Waals surface area contributed by atoms with E-state index in [1.165, 1.54) is 17.0 Å². The normalized spacial score (nSPS) is 16.6. The molecule has 1 aliphatic heterocycles. The van der Waals surface area contributed by atoms with Gasteiger partial charge in [-0.05, 0) is 68.1 Å². The molecule has 1 fully saturated rings. The number of carbonyl (C=O) groups is 1. The van der Waals surface area contributed by atoms with Crippen LogP contribution in [0.1, 0.15) is 46.1 Å². The van der Waals surface area contributed by atoms with Crippen molar-refractivity contribution in [2.45, 2.75) is 39.2 Å². The van der Waals surface area contributed by atoms with Crippen molar-refractivity contribution in [3.63, 3.8) is 0 Å². The lowest BCUT2D eigenvalue weighted by Crippen LogP contribution is -2.49. The highest BCUT2D eigenvalue weighted by atomic mass is 32.1. The highest BCUT2D eigenvalue weighted by Gasteiger charge is 2.28. The van der Waals surface area contributed by atoms with Gasteiger partial charge in [-0.25, -0.2) is 9.18 Å². The maximum Gasteiger partial charge on any atom is 0.341 e. The fraction of sp³-hybridized carbons (Fsp3) is 0.478. The minimum atomic E-state index is -0.253. The summed E-state index contributed by atoms with van der Waals surface area (Å²) in [5.41, 5.74) is 2.93. The van der Waals surface area contributed by atoms with Crippen LogP contribution in [0, 0.1) is 5.82 Å². The first-order valence-electron chi connectivity index (χ1n) is 10.9. The van der Waals surface area contributed by atoms with E-state index in [2.05, 4.69) is 15.1 Å². The monoisotopic (exact) mass is 461 g/mol. The molecule has 1 aromatic heterocycles. The number of aryl methyl sites for hydroxylation is 1. The summed E-state index contributed by atoms with van der Waals surface area (Å²) >= 11 is 7.34. The number of rotatable bonds is 5. The van der Waals surface area contributed by atoms with Gasteiger partial charge in [0.2, 0.25) is 0 Å². The van der Waals surface area contributed by atoms with Crippen molar-refractivity contribution in [1.29, 1.82) is 0 Å². The summed E-state index contributed by atoms with van der Waals surface area (Å²) < 4.78 is 18.5. The van der Waals surface area contributed by atoms with E-state index in [9.17, 15) is 9.18 Å². The van der Waals surface area contributed by atoms with E-state index in [0.717, 1.165) is 74.5 Å². The molecule has 1 N–H and O–H groups in total. The molecule has 0 atom stereocenters. The number of hydrogen-bond donors (Lipinski definition) is 1. The van der Waals surface area contributed by atoms with Crippen molar-refractivity contribution in [2.24, 2.45) is 0 Å². The second-order valence-corrected chi connectivity index (χ2v) is 9.45. The maximum atomic E-state index is 13.1. The Morgan fingerprint density at radius 3 is 2.58 bits per heavy atom. The number of piperazine rings is 1. The summed E-state index contributed by atoms with van der Waals surface area (Å²) in [7, 11) is 0. The molecule has 2 heterocycles. The first kappa shape index (κ1) is 22.2. The van der Waals surface area contributed by atoms with E-state index < -0.39 is 0 Å². The van der Waals surface area contributed by atoms with Crippen molar-refractivity contribution in [3.8, 4) is 0 Å². The number of halogens is 1. The zero-order chi connectivity index (χ0) is 21.8. The van der Waals surface area contributed by atoms with E-state index >= 15 is 0 Å². The molecule has 0 spiro atoms. The van der Waals surface area contributed by atoms with Gasteiger partial charge in [0.25, 0.3) is 0 Å². The average molecular weight is 462 g/mol. The highest BCUT2D eigenvalue weighted by Crippen LogP contribution is 2.38. The Morgan fingerprint density at radius 2 is 1.87 bits per heavy atom. The summed E-state index contributed by atoms with van der Waals surface area (Å²) in [4.78, 5) is 18.4. The van der Waals surface area contributed by atoms with Crippen molar-refractivity contribution in [2.75, 3.05) is 38.1 Å². The van der Waals surface area contributed by atoms with Gasteiger partial charge in [-0.2, -0.15) is 0 Å². The molecule has 0 bridgehead atoms. The molecule has 1 saturated heterocycles. The topological polar surface area (TPSA) is 44.8 Å². The summed E-state index contributed by atoms with van der Waals surface area (Å²) in [5.74, 6) is -0.459. The zero-order valence-electron chi connectivity index (χ0n) is 17.8. The number of ether oxygens (including phenoxy) is 1. The lowest BCUT2D eigenvalue weighted by molar-refractivity contribution is 0.0526. The Balaban J connectivity index is 1.38. The Hall–Kier alpha value is -2.03. The molecule has 0 amide bonds. The van der Waals surface area contributed by atoms with Gasteiger partial charge < -0.3 is 15.0 Å². The summed E-state index contributed by atoms with van der Waals surface area (Å²) in [6.45, 7) is 6.39. The van der Waals surface area contributed by atoms with Crippen molar-refractivity contribution in [1.82, 2.24) is 9.80 Å². The fourth-order valence-corrected chi connectivity index (χ4v) is 5.83. The average Bonchev–Trinajstić information content (AvgIpc) is 3.14. The minimum Gasteiger partial charge on any atom is -0.462 e. The maximum absolute atomic E-state index is 13.1. The number of thiophene rings is 1. The third-order valence-corrected chi connectivity index (χ3v) is 7.42. The molecular weight excluding hydrogens is 433 g/mol. The van der Waals surface area contributed by atoms with E-state index in [-0.39, 0.29) is 11.8 Å². The second-order valence-electron chi connectivity index (χ2n) is 7.96. The van der Waals surface area contributed by atoms with Crippen LogP contribution in [0.2, 0.25) is 0 Å². The van der Waals surface area contributed by atoms with Crippen LogP contribution in [0.25, 0.3) is 0 Å². The second kappa shape index (κ2) is 10.1. The van der Waals surface area contributed by atoms with Crippen molar-refractivity contribution in [3.05, 3.63) is 51.7 Å². The van der Waals surface area contributed by atoms with Crippen LogP contribution in [-0.2, 0) is 24.1 Å². The number of carbonyl (C=O) groups excluding carboxylic acids is 1. The van der Waals surface area contributed by atoms with Crippen LogP contribution in [0.4, 0.5) is 9.39 Å². The number of hydrogen-bond acceptors (Lipinski definition) is 5. The molecule has 0 radical (unpaired) electrons. The van der Waals surface area contributed by atoms with E-state index in [4.69, 9.17) is 17.0 Å². The Morgan fingerprint density at radius 1 is 1.16 bits per heavy atom. The highest BCUT2D eigenvalue weighted by molar-refractivity contribution is 7.80. The van der Waals surface area contributed by atoms with Crippen LogP contribution in [0.15, 0.2) is 24.3 Å². The van der Waals surface area contributed by atoms with E-state index in [1.54, 1.807) is 11.3 Å². The van der Waals surface area contributed by atoms with Gasteiger partial charge in [-0.3, -0.25) is 4.90 Å². The van der Waals surface area contributed by atoms with Gasteiger partial charge >= 0.3 is 5.97 Å². The largest absolute Gasteiger partial charge is 0.462 e. The molecule has 0 unspecified atom stereocenters. The first-order chi connectivity index (χ1) is 15.0. The molecule has 2 aromatic rings. The van der Waals surface area contributed by atoms with Crippen LogP contribution >= 0.6 is 23.6 Å². The molecule has 5 nitrogen and oxygen atoms in total. The molecule has 8 heteroatoms. The standard InChI is InChI=1S/C23H28FN3O2S2/c1-2-29-22(28)20-18-5-3-4-6-19(18)31-21(20)25-23(30)27-13-11-26(12-14-27)15-16-7-9-17(24)10-8-16/h7-10H,2-6,11-15H2,1H3,(H,25,30). The SMILES string of the molecule is CCOC(=O)c1c(NC(=S)N2CCN(Cc3ccc(F)cc3)CC2)sc2c1CCCC2. The first-order valence-corrected chi connectivity index (χ1v) is 12.1. The quantitative estimate of drug-likeness (QED) is 0.524. The van der Waals surface area contributed by atoms with Crippen molar-refractivity contribution >= 4 is 39.6 Å². The lowest BCUT2D eigenvalue weighted by atomic mass is 9.95. The number of thiocarbonyl (C=S) groups is 1. The van der Waals surface area contributed by atoms with Crippen LogP contribution in [0.5, 0.6) is 0 Å². The van der Waals surface area contributed by atoms with E-state index in [1.807, 2.05) is 19.1 Å². The van der Waals surface area contributed by atoms with Crippen LogP contribution < -0.4 is 5.32 Å². The van der Waals surface area contributed by atoms with Crippen LogP contribution in [0.3, 0.4) is 0 Å². The predicted octanol–water partition coefficient (Wildman–Crippen LogP) is 4.46. The van der Waals surface area contributed by atoms with Gasteiger partial charge in [0, 0.05) is 37.6 Å². The number of benzene rings is 1. The molecule has 31 heavy (non-hydrogen) atoms. The number of anilines is 1. The molecule has 1 aliphatic carbocycles. The van der Waals surface area contributed by atoms with Gasteiger partial charge in [0.05, 0.1) is 12.2 Å². The molecule has 2 aliphatic rings. The number of nitrogens with zero attached hydrogens (tertiary/aromatic N) is 2. The molecule has 0 saturated carbocycles. The zero-order valence-corrected chi connectivity index (χ0v) is 19.4. The van der Waals surface area contributed by atoms with Crippen molar-refractivity contribution < 1.29 is 13.9 Å². The Kier molecular flexibility index (Phi) is 7.20. The third-order valence-electron chi connectivity index (χ3n) is 5.85. The number of esters is 1. The fourth-order valence-electron chi connectivity index (χ4n) is 4.21. The van der Waals surface area contributed by atoms with Gasteiger partial charge in [-0.1, -0.05) is 12.1 Å². The number of nitrogens with one attached hydrogen (secondary N) is 1. The molecular formula is C23H28FN3O2S2. The van der Waals surface area contributed by atoms with Gasteiger partial charge in [0.15, 0.2) is 5.11 Å². The Bertz CT molecular complexity index is 937. The summed E-state index contributed by atoms with van der Waals surface area (Å²) in [6, 6.07) is 6.69. The van der Waals surface area contributed by atoms with E-state index in [0.29, 0.717) is 17.3 Å². The Labute approximate surface area is 192 Å². The molecule has 1 aromatic carbocycles. The minimum absolute atomic E-state index is 0.206. The smallest absolute Gasteiger partial charge is 0.341 e. The lowest BCUT2D eigenvalue weighted by Gasteiger charge is -2.36. The van der Waals surface area contributed by atoms with Gasteiger partial charge in [0.1, 0.15) is 10.8 Å². The van der Waals surface area contributed by atoms with Gasteiger partial charge in [-0.15, -0.1) is 11.3 Å². The summed E-state index contributed by atoms with van der Waals surface area (Å²) in [6.07, 6.45) is 4.21. The third kappa shape index (κ3) is 5.25. The van der Waals surface area contributed by atoms with Crippen LogP contribution in [-0.4, -0.2) is 53.7 Å². The molecule has 4 rings (SSSR count). The summed E-state index contributed by atoms with van der Waals surface area (Å²) in [5, 5.41) is 4.84.